The van der Waals surface area contributed by atoms with Crippen LogP contribution in [0.1, 0.15) is 48.6 Å². The lowest BCUT2D eigenvalue weighted by molar-refractivity contribution is 0.101. The fourth-order valence-corrected chi connectivity index (χ4v) is 4.08. The van der Waals surface area contributed by atoms with Crippen molar-refractivity contribution < 1.29 is 19.0 Å². The number of carbonyl (C=O) groups excluding carboxylic acids is 1. The Hall–Kier alpha value is -2.90. The number of aliphatic hydroxyl groups excluding tert-OH is 1. The Morgan fingerprint density at radius 3 is 2.74 bits per heavy atom. The second-order valence-electron chi connectivity index (χ2n) is 8.33. The number of rotatable bonds is 4. The zero-order valence-corrected chi connectivity index (χ0v) is 18.4. The Morgan fingerprint density at radius 2 is 2.10 bits per heavy atom. The van der Waals surface area contributed by atoms with E-state index in [1.807, 2.05) is 27.1 Å². The molecule has 0 saturated carbocycles. The molecule has 31 heavy (non-hydrogen) atoms. The summed E-state index contributed by atoms with van der Waals surface area (Å²) < 4.78 is 22.0. The van der Waals surface area contributed by atoms with Gasteiger partial charge in [-0.25, -0.2) is 9.37 Å². The van der Waals surface area contributed by atoms with E-state index >= 15 is 0 Å². The molecule has 0 bridgehead atoms. The summed E-state index contributed by atoms with van der Waals surface area (Å²) in [5.41, 5.74) is 2.03. The molecule has 3 aromatic rings. The molecule has 0 spiro atoms. The van der Waals surface area contributed by atoms with E-state index in [4.69, 9.17) is 16.3 Å². The number of imidazole rings is 1. The predicted octanol–water partition coefficient (Wildman–Crippen LogP) is 4.90. The number of aromatic nitrogens is 2. The number of fused-ring (bicyclic) bond motifs is 1. The molecule has 0 saturated heterocycles. The molecule has 8 heteroatoms. The molecule has 1 aliphatic rings. The minimum absolute atomic E-state index is 0.0736. The Balaban J connectivity index is 1.78. The second kappa shape index (κ2) is 7.66. The zero-order chi connectivity index (χ0) is 22.5. The van der Waals surface area contributed by atoms with Gasteiger partial charge in [-0.1, -0.05) is 23.7 Å². The van der Waals surface area contributed by atoms with Crippen LogP contribution >= 0.6 is 11.6 Å². The number of nitrogens with zero attached hydrogens (tertiary/aromatic N) is 2. The third kappa shape index (κ3) is 3.91. The summed E-state index contributed by atoms with van der Waals surface area (Å²) in [6, 6.07) is 7.65. The van der Waals surface area contributed by atoms with Crippen LogP contribution in [0, 0.1) is 5.82 Å². The number of carbonyl (C=O) groups is 1. The maximum Gasteiger partial charge on any atom is 0.259 e. The van der Waals surface area contributed by atoms with E-state index in [9.17, 15) is 14.3 Å². The van der Waals surface area contributed by atoms with Crippen molar-refractivity contribution in [1.29, 1.82) is 0 Å². The summed E-state index contributed by atoms with van der Waals surface area (Å²) >= 11 is 6.05. The van der Waals surface area contributed by atoms with Crippen molar-refractivity contribution in [3.63, 3.8) is 0 Å². The highest BCUT2D eigenvalue weighted by Crippen LogP contribution is 2.43. The molecule has 2 N–H and O–H groups in total. The highest BCUT2D eigenvalue weighted by atomic mass is 35.5. The van der Waals surface area contributed by atoms with E-state index in [1.54, 1.807) is 23.6 Å². The summed E-state index contributed by atoms with van der Waals surface area (Å²) in [5.74, 6) is -0.151. The van der Waals surface area contributed by atoms with Crippen molar-refractivity contribution in [3.05, 3.63) is 64.3 Å². The molecular formula is C23H23ClFN3O3. The van der Waals surface area contributed by atoms with Crippen LogP contribution in [-0.4, -0.2) is 26.2 Å². The van der Waals surface area contributed by atoms with Crippen molar-refractivity contribution in [3.8, 4) is 17.0 Å². The van der Waals surface area contributed by atoms with Gasteiger partial charge in [0.1, 0.15) is 29.1 Å². The number of hydrogen-bond acceptors (Lipinski definition) is 4. The first-order valence-electron chi connectivity index (χ1n) is 9.89. The molecule has 1 unspecified atom stereocenters. The predicted molar refractivity (Wildman–Crippen MR) is 117 cm³/mol. The van der Waals surface area contributed by atoms with Gasteiger partial charge in [0.2, 0.25) is 0 Å². The van der Waals surface area contributed by atoms with E-state index in [0.29, 0.717) is 23.7 Å². The van der Waals surface area contributed by atoms with Crippen LogP contribution in [0.2, 0.25) is 5.02 Å². The maximum atomic E-state index is 14.2. The molecule has 2 aromatic carbocycles. The Kier molecular flexibility index (Phi) is 5.27. The molecule has 4 rings (SSSR count). The lowest BCUT2D eigenvalue weighted by atomic mass is 9.94. The Morgan fingerprint density at radius 1 is 1.35 bits per heavy atom. The normalized spacial score (nSPS) is 15.3. The highest BCUT2D eigenvalue weighted by molar-refractivity contribution is 6.34. The molecular weight excluding hydrogens is 421 g/mol. The van der Waals surface area contributed by atoms with E-state index in [2.05, 4.69) is 10.3 Å². The van der Waals surface area contributed by atoms with Gasteiger partial charge in [-0.15, -0.1) is 0 Å². The van der Waals surface area contributed by atoms with Crippen molar-refractivity contribution in [2.24, 2.45) is 7.05 Å². The Bertz CT molecular complexity index is 1170. The molecule has 0 fully saturated rings. The lowest BCUT2D eigenvalue weighted by Gasteiger charge is -2.18. The van der Waals surface area contributed by atoms with E-state index in [-0.39, 0.29) is 16.3 Å². The SMILES string of the molecule is CC(O)c1nc(-c2ccc(C(=O)Nc3c(F)cccc3Cl)c3c2CC(C)(C)O3)cn1C. The summed E-state index contributed by atoms with van der Waals surface area (Å²) in [5, 5.41) is 12.6. The van der Waals surface area contributed by atoms with E-state index < -0.39 is 23.4 Å². The van der Waals surface area contributed by atoms with Gasteiger partial charge in [0.25, 0.3) is 5.91 Å². The monoisotopic (exact) mass is 443 g/mol. The van der Waals surface area contributed by atoms with Crippen molar-refractivity contribution in [2.45, 2.75) is 38.9 Å². The van der Waals surface area contributed by atoms with Crippen LogP contribution in [-0.2, 0) is 13.5 Å². The van der Waals surface area contributed by atoms with Crippen molar-refractivity contribution >= 4 is 23.2 Å². The van der Waals surface area contributed by atoms with Gasteiger partial charge in [-0.2, -0.15) is 0 Å². The number of aliphatic hydroxyl groups is 1. The molecule has 2 heterocycles. The van der Waals surface area contributed by atoms with Gasteiger partial charge in [0, 0.05) is 30.8 Å². The number of hydrogen-bond donors (Lipinski definition) is 2. The zero-order valence-electron chi connectivity index (χ0n) is 17.7. The van der Waals surface area contributed by atoms with Crippen molar-refractivity contribution in [1.82, 2.24) is 9.55 Å². The number of nitrogens with one attached hydrogen (secondary N) is 1. The number of halogens is 2. The smallest absolute Gasteiger partial charge is 0.259 e. The number of benzene rings is 2. The van der Waals surface area contributed by atoms with Crippen LogP contribution in [0.5, 0.6) is 5.75 Å². The van der Waals surface area contributed by atoms with E-state index in [1.165, 1.54) is 18.2 Å². The number of ether oxygens (including phenoxy) is 1. The maximum absolute atomic E-state index is 14.2. The standard InChI is InChI=1S/C23H23ClFN3O3/c1-12(29)21-26-18(11-28(21)4)13-8-9-14(20-15(13)10-23(2,3)31-20)22(30)27-19-16(24)6-5-7-17(19)25/h5-9,11-12,29H,10H2,1-4H3,(H,27,30). The molecule has 6 nitrogen and oxygen atoms in total. The third-order valence-electron chi connectivity index (χ3n) is 5.25. The van der Waals surface area contributed by atoms with E-state index in [0.717, 1.165) is 11.1 Å². The number of amides is 1. The van der Waals surface area contributed by atoms with Crippen LogP contribution in [0.15, 0.2) is 36.5 Å². The number of anilines is 1. The van der Waals surface area contributed by atoms with Crippen molar-refractivity contribution in [2.75, 3.05) is 5.32 Å². The van der Waals surface area contributed by atoms with Gasteiger partial charge in [-0.05, 0) is 39.0 Å². The van der Waals surface area contributed by atoms with Gasteiger partial charge >= 0.3 is 0 Å². The van der Waals surface area contributed by atoms with Gasteiger partial charge in [0.05, 0.1) is 22.0 Å². The molecule has 1 aromatic heterocycles. The largest absolute Gasteiger partial charge is 0.486 e. The fourth-order valence-electron chi connectivity index (χ4n) is 3.87. The Labute approximate surface area is 184 Å². The summed E-state index contributed by atoms with van der Waals surface area (Å²) in [6.07, 6.45) is 1.69. The molecule has 0 aliphatic carbocycles. The summed E-state index contributed by atoms with van der Waals surface area (Å²) in [6.45, 7) is 5.53. The minimum atomic E-state index is -0.713. The van der Waals surface area contributed by atoms with Crippen LogP contribution in [0.3, 0.4) is 0 Å². The molecule has 162 valence electrons. The number of aryl methyl sites for hydroxylation is 1. The summed E-state index contributed by atoms with van der Waals surface area (Å²) in [4.78, 5) is 17.6. The van der Waals surface area contributed by atoms with Crippen LogP contribution in [0.4, 0.5) is 10.1 Å². The second-order valence-corrected chi connectivity index (χ2v) is 8.74. The topological polar surface area (TPSA) is 76.4 Å². The van der Waals surface area contributed by atoms with Gasteiger partial charge < -0.3 is 19.7 Å². The number of para-hydroxylation sites is 1. The van der Waals surface area contributed by atoms with Crippen LogP contribution < -0.4 is 10.1 Å². The summed E-state index contributed by atoms with van der Waals surface area (Å²) in [7, 11) is 1.82. The molecule has 1 atom stereocenters. The van der Waals surface area contributed by atoms with Gasteiger partial charge in [0.15, 0.2) is 0 Å². The fraction of sp³-hybridized carbons (Fsp3) is 0.304. The third-order valence-corrected chi connectivity index (χ3v) is 5.56. The van der Waals surface area contributed by atoms with Crippen LogP contribution in [0.25, 0.3) is 11.3 Å². The highest BCUT2D eigenvalue weighted by Gasteiger charge is 2.36. The average Bonchev–Trinajstić information content (AvgIpc) is 3.22. The minimum Gasteiger partial charge on any atom is -0.486 e. The molecule has 1 amide bonds. The molecule has 0 radical (unpaired) electrons. The van der Waals surface area contributed by atoms with Gasteiger partial charge in [-0.3, -0.25) is 4.79 Å². The first kappa shape index (κ1) is 21.3. The first-order valence-corrected chi connectivity index (χ1v) is 10.3. The first-order chi connectivity index (χ1) is 14.6. The quantitative estimate of drug-likeness (QED) is 0.601. The average molecular weight is 444 g/mol. The lowest BCUT2D eigenvalue weighted by Crippen LogP contribution is -2.25. The molecule has 1 aliphatic heterocycles.